The second-order valence-electron chi connectivity index (χ2n) is 6.27. The molecule has 28 heavy (non-hydrogen) atoms. The molecule has 150 valence electrons. The van der Waals surface area contributed by atoms with Gasteiger partial charge < -0.3 is 20.7 Å². The Labute approximate surface area is 187 Å². The first-order valence-corrected chi connectivity index (χ1v) is 9.25. The molecule has 3 rings (SSSR count). The molecule has 1 aliphatic heterocycles. The molecule has 0 radical (unpaired) electrons. The van der Waals surface area contributed by atoms with Gasteiger partial charge in [0.2, 0.25) is 5.91 Å². The maximum absolute atomic E-state index is 12.4. The molecule has 0 saturated heterocycles. The van der Waals surface area contributed by atoms with Crippen molar-refractivity contribution in [2.75, 3.05) is 30.4 Å². The van der Waals surface area contributed by atoms with Gasteiger partial charge in [-0.3, -0.25) is 9.79 Å². The molecule has 1 heterocycles. The number of anilines is 2. The largest absolute Gasteiger partial charge is 0.495 e. The van der Waals surface area contributed by atoms with Crippen LogP contribution in [0.1, 0.15) is 18.4 Å². The van der Waals surface area contributed by atoms with Crippen LogP contribution in [0.15, 0.2) is 47.5 Å². The lowest BCUT2D eigenvalue weighted by atomic mass is 10.2. The summed E-state index contributed by atoms with van der Waals surface area (Å²) in [6.45, 7) is 1.23. The average molecular weight is 515 g/mol. The first-order chi connectivity index (χ1) is 13.1. The van der Waals surface area contributed by atoms with Gasteiger partial charge in [0.25, 0.3) is 0 Å². The SMILES string of the molecule is COc1ccc(NC(N)=NCCCC(=O)N2CCc3ccccc32)cc1Cl.I. The molecular formula is C20H24ClIN4O2. The minimum atomic E-state index is 0. The molecule has 0 saturated carbocycles. The topological polar surface area (TPSA) is 80.0 Å². The van der Waals surface area contributed by atoms with Crippen LogP contribution >= 0.6 is 35.6 Å². The highest BCUT2D eigenvalue weighted by Crippen LogP contribution is 2.28. The minimum Gasteiger partial charge on any atom is -0.495 e. The third-order valence-electron chi connectivity index (χ3n) is 4.44. The summed E-state index contributed by atoms with van der Waals surface area (Å²) >= 11 is 6.08. The standard InChI is InChI=1S/C20H23ClN4O2.HI/c1-27-18-9-8-15(13-16(18)21)24-20(22)23-11-4-7-19(26)25-12-10-14-5-2-3-6-17(14)25;/h2-3,5-6,8-9,13H,4,7,10-12H2,1H3,(H3,22,23,24);1H. The number of ether oxygens (including phenoxy) is 1. The van der Waals surface area contributed by atoms with Gasteiger partial charge in [0.15, 0.2) is 5.96 Å². The van der Waals surface area contributed by atoms with Crippen molar-refractivity contribution in [3.8, 4) is 5.75 Å². The van der Waals surface area contributed by atoms with Crippen LogP contribution in [0.2, 0.25) is 5.02 Å². The number of aliphatic imine (C=N–C) groups is 1. The van der Waals surface area contributed by atoms with Crippen molar-refractivity contribution in [3.05, 3.63) is 53.1 Å². The van der Waals surface area contributed by atoms with Gasteiger partial charge in [-0.1, -0.05) is 29.8 Å². The monoisotopic (exact) mass is 514 g/mol. The molecule has 0 bridgehead atoms. The number of benzene rings is 2. The molecule has 0 fully saturated rings. The van der Waals surface area contributed by atoms with E-state index in [0.29, 0.717) is 30.2 Å². The predicted molar refractivity (Wildman–Crippen MR) is 125 cm³/mol. The van der Waals surface area contributed by atoms with Crippen molar-refractivity contribution in [3.63, 3.8) is 0 Å². The molecule has 0 aliphatic carbocycles. The fourth-order valence-electron chi connectivity index (χ4n) is 3.09. The number of hydrogen-bond donors (Lipinski definition) is 2. The number of rotatable bonds is 6. The van der Waals surface area contributed by atoms with Gasteiger partial charge in [0.05, 0.1) is 12.1 Å². The number of halogens is 2. The van der Waals surface area contributed by atoms with Gasteiger partial charge in [-0.15, -0.1) is 24.0 Å². The summed E-state index contributed by atoms with van der Waals surface area (Å²) in [7, 11) is 1.56. The van der Waals surface area contributed by atoms with Gasteiger partial charge in [0, 0.05) is 30.9 Å². The van der Waals surface area contributed by atoms with Crippen LogP contribution in [-0.2, 0) is 11.2 Å². The number of amides is 1. The number of nitrogens with two attached hydrogens (primary N) is 1. The lowest BCUT2D eigenvalue weighted by Crippen LogP contribution is -2.28. The second-order valence-corrected chi connectivity index (χ2v) is 6.68. The van der Waals surface area contributed by atoms with Crippen LogP contribution in [-0.4, -0.2) is 32.1 Å². The molecule has 0 spiro atoms. The number of hydrogen-bond acceptors (Lipinski definition) is 3. The Balaban J connectivity index is 0.00000280. The Hall–Kier alpha value is -2.00. The van der Waals surface area contributed by atoms with Gasteiger partial charge >= 0.3 is 0 Å². The van der Waals surface area contributed by atoms with Crippen molar-refractivity contribution in [1.82, 2.24) is 0 Å². The summed E-state index contributed by atoms with van der Waals surface area (Å²) in [6, 6.07) is 13.3. The van der Waals surface area contributed by atoms with Crippen molar-refractivity contribution < 1.29 is 9.53 Å². The summed E-state index contributed by atoms with van der Waals surface area (Å²) in [4.78, 5) is 18.6. The molecule has 2 aromatic carbocycles. The summed E-state index contributed by atoms with van der Waals surface area (Å²) in [6.07, 6.45) is 2.00. The fourth-order valence-corrected chi connectivity index (χ4v) is 3.35. The number of carbonyl (C=O) groups is 1. The summed E-state index contributed by atoms with van der Waals surface area (Å²) in [5.74, 6) is 1.01. The highest BCUT2D eigenvalue weighted by molar-refractivity contribution is 14.0. The predicted octanol–water partition coefficient (Wildman–Crippen LogP) is 4.06. The van der Waals surface area contributed by atoms with Crippen molar-refractivity contribution >= 4 is 58.8 Å². The second kappa shape index (κ2) is 10.5. The zero-order valence-corrected chi connectivity index (χ0v) is 18.7. The van der Waals surface area contributed by atoms with Crippen LogP contribution in [0.3, 0.4) is 0 Å². The average Bonchev–Trinajstić information content (AvgIpc) is 3.09. The summed E-state index contributed by atoms with van der Waals surface area (Å²) in [5.41, 5.74) is 8.89. The number of methoxy groups -OCH3 is 1. The first-order valence-electron chi connectivity index (χ1n) is 8.87. The molecule has 6 nitrogen and oxygen atoms in total. The van der Waals surface area contributed by atoms with E-state index in [9.17, 15) is 4.79 Å². The fraction of sp³-hybridized carbons (Fsp3) is 0.300. The Morgan fingerprint density at radius 1 is 1.32 bits per heavy atom. The molecule has 8 heteroatoms. The van der Waals surface area contributed by atoms with Gasteiger partial charge in [-0.05, 0) is 42.7 Å². The molecule has 0 aromatic heterocycles. The number of nitrogens with zero attached hydrogens (tertiary/aromatic N) is 2. The van der Waals surface area contributed by atoms with E-state index in [1.165, 1.54) is 5.56 Å². The molecule has 2 aromatic rings. The van der Waals surface area contributed by atoms with Crippen molar-refractivity contribution in [1.29, 1.82) is 0 Å². The Morgan fingerprint density at radius 2 is 2.11 bits per heavy atom. The van der Waals surface area contributed by atoms with E-state index in [1.54, 1.807) is 25.3 Å². The number of para-hydroxylation sites is 1. The Kier molecular flexibility index (Phi) is 8.37. The molecule has 0 unspecified atom stereocenters. The Morgan fingerprint density at radius 3 is 2.86 bits per heavy atom. The quantitative estimate of drug-likeness (QED) is 0.264. The maximum atomic E-state index is 12.4. The number of nitrogens with one attached hydrogen (secondary N) is 1. The normalized spacial score (nSPS) is 12.9. The zero-order valence-electron chi connectivity index (χ0n) is 15.7. The molecule has 1 aliphatic rings. The summed E-state index contributed by atoms with van der Waals surface area (Å²) in [5, 5.41) is 3.48. The highest BCUT2D eigenvalue weighted by atomic mass is 127. The lowest BCUT2D eigenvalue weighted by Gasteiger charge is -2.17. The van der Waals surface area contributed by atoms with Gasteiger partial charge in [0.1, 0.15) is 5.75 Å². The van der Waals surface area contributed by atoms with E-state index in [4.69, 9.17) is 22.1 Å². The van der Waals surface area contributed by atoms with Crippen LogP contribution in [0.25, 0.3) is 0 Å². The highest BCUT2D eigenvalue weighted by Gasteiger charge is 2.23. The van der Waals surface area contributed by atoms with Crippen LogP contribution < -0.4 is 20.7 Å². The number of fused-ring (bicyclic) bond motifs is 1. The molecule has 1 amide bonds. The van der Waals surface area contributed by atoms with Crippen molar-refractivity contribution in [2.45, 2.75) is 19.3 Å². The van der Waals surface area contributed by atoms with Crippen molar-refractivity contribution in [2.24, 2.45) is 10.7 Å². The van der Waals surface area contributed by atoms with Crippen LogP contribution in [0, 0.1) is 0 Å². The molecule has 3 N–H and O–H groups in total. The summed E-state index contributed by atoms with van der Waals surface area (Å²) < 4.78 is 5.11. The smallest absolute Gasteiger partial charge is 0.227 e. The maximum Gasteiger partial charge on any atom is 0.227 e. The zero-order chi connectivity index (χ0) is 19.2. The number of carbonyl (C=O) groups excluding carboxylic acids is 1. The van der Waals surface area contributed by atoms with E-state index in [1.807, 2.05) is 23.1 Å². The van der Waals surface area contributed by atoms with Gasteiger partial charge in [-0.2, -0.15) is 0 Å². The first kappa shape index (κ1) is 22.3. The van der Waals surface area contributed by atoms with E-state index in [-0.39, 0.29) is 35.8 Å². The third-order valence-corrected chi connectivity index (χ3v) is 4.74. The van der Waals surface area contributed by atoms with Crippen LogP contribution in [0.5, 0.6) is 5.75 Å². The Bertz CT molecular complexity index is 860. The minimum absolute atomic E-state index is 0. The van der Waals surface area contributed by atoms with E-state index < -0.39 is 0 Å². The van der Waals surface area contributed by atoms with E-state index in [2.05, 4.69) is 16.4 Å². The van der Waals surface area contributed by atoms with E-state index in [0.717, 1.165) is 24.3 Å². The molecule has 0 atom stereocenters. The van der Waals surface area contributed by atoms with E-state index >= 15 is 0 Å². The molecular weight excluding hydrogens is 491 g/mol. The van der Waals surface area contributed by atoms with Crippen LogP contribution in [0.4, 0.5) is 11.4 Å². The number of guanidine groups is 1. The lowest BCUT2D eigenvalue weighted by molar-refractivity contribution is -0.118. The third kappa shape index (κ3) is 5.51. The van der Waals surface area contributed by atoms with Gasteiger partial charge in [-0.25, -0.2) is 0 Å².